The summed E-state index contributed by atoms with van der Waals surface area (Å²) in [5.74, 6) is 1.24. The van der Waals surface area contributed by atoms with Crippen molar-refractivity contribution in [2.75, 3.05) is 12.8 Å². The van der Waals surface area contributed by atoms with Crippen LogP contribution in [-0.2, 0) is 0 Å². The predicted molar refractivity (Wildman–Crippen MR) is 71.1 cm³/mol. The fourth-order valence-corrected chi connectivity index (χ4v) is 1.73. The van der Waals surface area contributed by atoms with Crippen LogP contribution >= 0.6 is 0 Å². The molecule has 2 aromatic heterocycles. The smallest absolute Gasteiger partial charge is 0.348 e. The lowest BCUT2D eigenvalue weighted by molar-refractivity contribution is 0.374. The number of aromatic nitrogens is 4. The summed E-state index contributed by atoms with van der Waals surface area (Å²) in [6.07, 6.45) is 1.33. The average Bonchev–Trinajstić information content (AvgIpc) is 2.80. The zero-order chi connectivity index (χ0) is 14.1. The van der Waals surface area contributed by atoms with Gasteiger partial charge in [-0.25, -0.2) is 19.3 Å². The van der Waals surface area contributed by atoms with E-state index < -0.39 is 0 Å². The summed E-state index contributed by atoms with van der Waals surface area (Å²) in [5, 5.41) is 6.15. The van der Waals surface area contributed by atoms with E-state index in [9.17, 15) is 4.79 Å². The van der Waals surface area contributed by atoms with Crippen molar-refractivity contribution in [2.45, 2.75) is 0 Å². The molecule has 20 heavy (non-hydrogen) atoms. The Morgan fingerprint density at radius 2 is 2.15 bits per heavy atom. The van der Waals surface area contributed by atoms with Crippen molar-refractivity contribution >= 4 is 11.3 Å². The molecule has 0 aliphatic carbocycles. The van der Waals surface area contributed by atoms with Crippen molar-refractivity contribution in [1.82, 2.24) is 19.6 Å². The molecule has 0 radical (unpaired) electrons. The first-order chi connectivity index (χ1) is 9.67. The van der Waals surface area contributed by atoms with Gasteiger partial charge in [-0.05, 0) is 12.1 Å². The zero-order valence-electron chi connectivity index (χ0n) is 10.5. The van der Waals surface area contributed by atoms with Gasteiger partial charge in [0.05, 0.1) is 7.11 Å². The van der Waals surface area contributed by atoms with Crippen LogP contribution in [0.1, 0.15) is 0 Å². The number of rotatable bonds is 3. The first kappa shape index (κ1) is 12.0. The fraction of sp³-hybridized carbons (Fsp3) is 0.0833. The highest BCUT2D eigenvalue weighted by Gasteiger charge is 2.09. The van der Waals surface area contributed by atoms with Crippen LogP contribution in [0.2, 0.25) is 0 Å². The summed E-state index contributed by atoms with van der Waals surface area (Å²) in [7, 11) is 1.53. The third-order valence-corrected chi connectivity index (χ3v) is 2.69. The third kappa shape index (κ3) is 2.03. The Hall–Kier alpha value is -3.03. The molecular formula is C12H11N5O3. The monoisotopic (exact) mass is 273 g/mol. The van der Waals surface area contributed by atoms with Crippen molar-refractivity contribution < 1.29 is 9.47 Å². The van der Waals surface area contributed by atoms with E-state index >= 15 is 0 Å². The molecule has 3 aromatic rings. The lowest BCUT2D eigenvalue weighted by atomic mass is 10.3. The Morgan fingerprint density at radius 1 is 1.30 bits per heavy atom. The molecular weight excluding hydrogens is 262 g/mol. The molecule has 0 unspecified atom stereocenters. The minimum Gasteiger partial charge on any atom is -0.493 e. The van der Waals surface area contributed by atoms with Crippen molar-refractivity contribution in [3.05, 3.63) is 41.1 Å². The van der Waals surface area contributed by atoms with Gasteiger partial charge in [0.25, 0.3) is 0 Å². The van der Waals surface area contributed by atoms with Crippen LogP contribution in [0.4, 0.5) is 5.69 Å². The maximum Gasteiger partial charge on any atom is 0.348 e. The molecule has 0 amide bonds. The van der Waals surface area contributed by atoms with Gasteiger partial charge in [-0.3, -0.25) is 0 Å². The minimum atomic E-state index is -0.361. The number of anilines is 1. The number of benzene rings is 1. The number of nitrogens with two attached hydrogens (primary N) is 1. The van der Waals surface area contributed by atoms with Gasteiger partial charge in [0.2, 0.25) is 5.88 Å². The summed E-state index contributed by atoms with van der Waals surface area (Å²) in [6.45, 7) is 0. The van der Waals surface area contributed by atoms with E-state index in [0.29, 0.717) is 22.8 Å². The molecule has 0 bridgehead atoms. The van der Waals surface area contributed by atoms with Crippen LogP contribution in [0.15, 0.2) is 35.4 Å². The summed E-state index contributed by atoms with van der Waals surface area (Å²) >= 11 is 0. The fourth-order valence-electron chi connectivity index (χ4n) is 1.73. The molecule has 0 aliphatic rings. The number of H-pyrrole nitrogens is 1. The number of aromatic amines is 1. The van der Waals surface area contributed by atoms with E-state index in [1.165, 1.54) is 23.9 Å². The zero-order valence-corrected chi connectivity index (χ0v) is 10.5. The number of methoxy groups -OCH3 is 1. The molecule has 8 heteroatoms. The van der Waals surface area contributed by atoms with Gasteiger partial charge in [-0.2, -0.15) is 5.10 Å². The Labute approximate surface area is 112 Å². The van der Waals surface area contributed by atoms with Crippen LogP contribution in [0.3, 0.4) is 0 Å². The Kier molecular flexibility index (Phi) is 2.75. The molecule has 2 heterocycles. The van der Waals surface area contributed by atoms with E-state index in [4.69, 9.17) is 15.2 Å². The molecule has 3 rings (SSSR count). The maximum absolute atomic E-state index is 11.3. The van der Waals surface area contributed by atoms with E-state index in [1.54, 1.807) is 18.2 Å². The second-order valence-electron chi connectivity index (χ2n) is 4.00. The van der Waals surface area contributed by atoms with Crippen LogP contribution in [0.25, 0.3) is 5.65 Å². The standard InChI is InChI=1S/C12H11N5O3/c1-19-8-3-2-7(13)4-9(8)20-11-5-10-15-16-12(18)17(10)6-14-11/h2-6H,13H2,1H3,(H,16,18). The number of nitrogens with zero attached hydrogens (tertiary/aromatic N) is 3. The van der Waals surface area contributed by atoms with Gasteiger partial charge in [-0.1, -0.05) is 0 Å². The van der Waals surface area contributed by atoms with Crippen LogP contribution in [0.5, 0.6) is 17.4 Å². The van der Waals surface area contributed by atoms with Gasteiger partial charge in [0.15, 0.2) is 17.1 Å². The Bertz CT molecular complexity index is 823. The number of hydrogen-bond acceptors (Lipinski definition) is 6. The molecule has 0 atom stereocenters. The molecule has 0 saturated heterocycles. The summed E-state index contributed by atoms with van der Waals surface area (Å²) in [6, 6.07) is 6.56. The molecule has 0 saturated carbocycles. The minimum absolute atomic E-state index is 0.278. The lowest BCUT2D eigenvalue weighted by Gasteiger charge is -2.09. The van der Waals surface area contributed by atoms with Gasteiger partial charge in [0.1, 0.15) is 6.33 Å². The van der Waals surface area contributed by atoms with Crippen molar-refractivity contribution in [3.63, 3.8) is 0 Å². The van der Waals surface area contributed by atoms with Crippen LogP contribution in [-0.4, -0.2) is 26.7 Å². The third-order valence-electron chi connectivity index (χ3n) is 2.69. The summed E-state index contributed by atoms with van der Waals surface area (Å²) < 4.78 is 12.1. The maximum atomic E-state index is 11.3. The van der Waals surface area contributed by atoms with E-state index in [1.807, 2.05) is 0 Å². The van der Waals surface area contributed by atoms with E-state index in [0.717, 1.165) is 0 Å². The van der Waals surface area contributed by atoms with Crippen molar-refractivity contribution in [3.8, 4) is 17.4 Å². The average molecular weight is 273 g/mol. The highest BCUT2D eigenvalue weighted by Crippen LogP contribution is 2.32. The van der Waals surface area contributed by atoms with Gasteiger partial charge >= 0.3 is 5.69 Å². The van der Waals surface area contributed by atoms with Gasteiger partial charge < -0.3 is 15.2 Å². The highest BCUT2D eigenvalue weighted by molar-refractivity contribution is 5.53. The number of hydrogen-bond donors (Lipinski definition) is 2. The molecule has 3 N–H and O–H groups in total. The molecule has 0 fully saturated rings. The number of ether oxygens (including phenoxy) is 2. The van der Waals surface area contributed by atoms with Crippen molar-refractivity contribution in [2.24, 2.45) is 0 Å². The van der Waals surface area contributed by atoms with E-state index in [-0.39, 0.29) is 11.6 Å². The lowest BCUT2D eigenvalue weighted by Crippen LogP contribution is -2.09. The molecule has 0 spiro atoms. The van der Waals surface area contributed by atoms with Crippen molar-refractivity contribution in [1.29, 1.82) is 0 Å². The highest BCUT2D eigenvalue weighted by atomic mass is 16.5. The quantitative estimate of drug-likeness (QED) is 0.683. The predicted octanol–water partition coefficient (Wildman–Crippen LogP) is 0.801. The molecule has 0 aliphatic heterocycles. The largest absolute Gasteiger partial charge is 0.493 e. The Morgan fingerprint density at radius 3 is 2.95 bits per heavy atom. The van der Waals surface area contributed by atoms with Crippen LogP contribution < -0.4 is 20.9 Å². The summed E-state index contributed by atoms with van der Waals surface area (Å²) in [5.41, 5.74) is 6.30. The van der Waals surface area contributed by atoms with Crippen LogP contribution in [0, 0.1) is 0 Å². The SMILES string of the molecule is COc1ccc(N)cc1Oc1cc2n[nH]c(=O)n2cn1. The topological polar surface area (TPSA) is 108 Å². The number of nitrogen functional groups attached to an aromatic ring is 1. The summed E-state index contributed by atoms with van der Waals surface area (Å²) in [4.78, 5) is 15.3. The first-order valence-corrected chi connectivity index (χ1v) is 5.71. The second kappa shape index (κ2) is 4.57. The Balaban J connectivity index is 2.00. The first-order valence-electron chi connectivity index (χ1n) is 5.71. The van der Waals surface area contributed by atoms with Gasteiger partial charge in [-0.15, -0.1) is 0 Å². The molecule has 8 nitrogen and oxygen atoms in total. The van der Waals surface area contributed by atoms with Gasteiger partial charge in [0, 0.05) is 17.8 Å². The number of fused-ring (bicyclic) bond motifs is 1. The second-order valence-corrected chi connectivity index (χ2v) is 4.00. The molecule has 102 valence electrons. The van der Waals surface area contributed by atoms with E-state index in [2.05, 4.69) is 15.2 Å². The molecule has 1 aromatic carbocycles. The number of nitrogens with one attached hydrogen (secondary N) is 1. The normalized spacial score (nSPS) is 10.7.